The normalized spacial score (nSPS) is 10.8. The fraction of sp³-hybridized carbons (Fsp3) is 0.0714. The summed E-state index contributed by atoms with van der Waals surface area (Å²) in [6, 6.07) is 31.3. The number of nitrogens with one attached hydrogen (secondary N) is 2. The molecule has 0 bridgehead atoms. The maximum Gasteiger partial charge on any atom is 0.153 e. The molecule has 0 radical (unpaired) electrons. The second-order valence-corrected chi connectivity index (χ2v) is 10.3. The van der Waals surface area contributed by atoms with Gasteiger partial charge in [0.15, 0.2) is 8.64 Å². The van der Waals surface area contributed by atoms with Crippen molar-refractivity contribution >= 4 is 68.0 Å². The molecule has 0 saturated carbocycles. The van der Waals surface area contributed by atoms with Crippen LogP contribution in [0.15, 0.2) is 120 Å². The second kappa shape index (κ2) is 18.4. The molecule has 2 heterocycles. The van der Waals surface area contributed by atoms with Crippen LogP contribution in [0.3, 0.4) is 0 Å². The quantitative estimate of drug-likeness (QED) is 0.114. The van der Waals surface area contributed by atoms with Crippen molar-refractivity contribution in [3.63, 3.8) is 0 Å². The van der Waals surface area contributed by atoms with Crippen molar-refractivity contribution in [1.29, 1.82) is 0 Å². The van der Waals surface area contributed by atoms with E-state index in [0.29, 0.717) is 8.64 Å². The van der Waals surface area contributed by atoms with E-state index in [0.717, 1.165) is 33.9 Å². The van der Waals surface area contributed by atoms with Gasteiger partial charge in [-0.1, -0.05) is 121 Å². The first-order chi connectivity index (χ1) is 18.6. The van der Waals surface area contributed by atoms with Crippen LogP contribution in [0.2, 0.25) is 0 Å². The van der Waals surface area contributed by atoms with Gasteiger partial charge in [0, 0.05) is 40.0 Å². The van der Waals surface area contributed by atoms with E-state index in [-0.39, 0.29) is 16.5 Å². The number of rotatable bonds is 6. The molecule has 2 aromatic carbocycles. The molecular formula is C28H26N6NiS4. The van der Waals surface area contributed by atoms with Crippen molar-refractivity contribution in [3.8, 4) is 0 Å². The predicted molar refractivity (Wildman–Crippen MR) is 171 cm³/mol. The van der Waals surface area contributed by atoms with Gasteiger partial charge in [-0.3, -0.25) is 20.8 Å². The summed E-state index contributed by atoms with van der Waals surface area (Å²) in [5.41, 5.74) is 10.9. The molecule has 0 aliphatic heterocycles. The van der Waals surface area contributed by atoms with Gasteiger partial charge in [-0.25, -0.2) is 0 Å². The average Bonchev–Trinajstić information content (AvgIpc) is 2.99. The Bertz CT molecular complexity index is 1170. The predicted octanol–water partition coefficient (Wildman–Crippen LogP) is 6.14. The molecule has 0 saturated heterocycles. The van der Waals surface area contributed by atoms with Crippen molar-refractivity contribution in [1.82, 2.24) is 20.8 Å². The van der Waals surface area contributed by atoms with Crippen LogP contribution in [-0.4, -0.2) is 42.5 Å². The number of benzene rings is 2. The fourth-order valence-corrected chi connectivity index (χ4v) is 3.40. The maximum atomic E-state index is 5.10. The minimum absolute atomic E-state index is 0. The van der Waals surface area contributed by atoms with Gasteiger partial charge in [-0.2, -0.15) is 10.2 Å². The summed E-state index contributed by atoms with van der Waals surface area (Å²) in [4.78, 5) is 8.68. The summed E-state index contributed by atoms with van der Waals surface area (Å²) in [6.07, 6.45) is 7.32. The van der Waals surface area contributed by atoms with E-state index in [1.807, 2.05) is 110 Å². The van der Waals surface area contributed by atoms with Crippen molar-refractivity contribution in [2.45, 2.75) is 0 Å². The Morgan fingerprint density at radius 1 is 0.590 bits per heavy atom. The van der Waals surface area contributed by atoms with E-state index >= 15 is 0 Å². The number of hydrazone groups is 2. The third-order valence-electron chi connectivity index (χ3n) is 4.80. The summed E-state index contributed by atoms with van der Waals surface area (Å²) >= 11 is 13.1. The minimum atomic E-state index is 0. The number of hydrogen-bond acceptors (Lipinski definition) is 8. The van der Waals surface area contributed by atoms with Crippen LogP contribution in [0.4, 0.5) is 0 Å². The molecule has 0 spiro atoms. The van der Waals surface area contributed by atoms with Gasteiger partial charge in [0.2, 0.25) is 0 Å². The van der Waals surface area contributed by atoms with Gasteiger partial charge < -0.3 is 0 Å². The van der Waals surface area contributed by atoms with Gasteiger partial charge in [0.05, 0.1) is 11.4 Å². The number of aromatic nitrogens is 2. The number of nitrogens with zero attached hydrogens (tertiary/aromatic N) is 4. The molecule has 39 heavy (non-hydrogen) atoms. The van der Waals surface area contributed by atoms with Gasteiger partial charge in [0.1, 0.15) is 11.4 Å². The van der Waals surface area contributed by atoms with E-state index < -0.39 is 0 Å². The topological polar surface area (TPSA) is 74.6 Å². The van der Waals surface area contributed by atoms with Crippen molar-refractivity contribution in [2.24, 2.45) is 10.2 Å². The van der Waals surface area contributed by atoms with Crippen LogP contribution < -0.4 is 10.9 Å². The summed E-state index contributed by atoms with van der Waals surface area (Å²) in [6.45, 7) is 0. The summed E-state index contributed by atoms with van der Waals surface area (Å²) in [5.74, 6) is 0. The van der Waals surface area contributed by atoms with Crippen LogP contribution in [0.5, 0.6) is 0 Å². The molecule has 0 amide bonds. The van der Waals surface area contributed by atoms with Crippen LogP contribution >= 0.6 is 48.0 Å². The molecule has 6 nitrogen and oxygen atoms in total. The molecule has 2 N–H and O–H groups in total. The first-order valence-corrected chi connectivity index (χ1v) is 14.7. The third kappa shape index (κ3) is 11.0. The Morgan fingerprint density at radius 2 is 0.949 bits per heavy atom. The summed E-state index contributed by atoms with van der Waals surface area (Å²) in [5, 5.41) is 8.75. The second-order valence-electron chi connectivity index (χ2n) is 7.29. The van der Waals surface area contributed by atoms with Gasteiger partial charge in [-0.15, -0.1) is 0 Å². The molecule has 202 valence electrons. The number of hydrogen-bond donors (Lipinski definition) is 2. The van der Waals surface area contributed by atoms with E-state index in [9.17, 15) is 0 Å². The molecule has 11 heteroatoms. The number of pyridine rings is 2. The standard InChI is InChI=1S/2C14H13N3S2.Ni/c2*1-19-14(18)17-16-13(11-7-3-2-4-8-11)12-9-5-6-10-15-12;/h2*2-10H,1H3,(H,17,18);. The summed E-state index contributed by atoms with van der Waals surface area (Å²) < 4.78 is 1.26. The van der Waals surface area contributed by atoms with Crippen molar-refractivity contribution < 1.29 is 16.5 Å². The first kappa shape index (κ1) is 32.3. The number of thioether (sulfide) groups is 2. The maximum absolute atomic E-state index is 5.10. The monoisotopic (exact) mass is 632 g/mol. The van der Waals surface area contributed by atoms with Gasteiger partial charge >= 0.3 is 0 Å². The Balaban J connectivity index is 0.000000267. The Labute approximate surface area is 258 Å². The number of thiocarbonyl (C=S) groups is 2. The van der Waals surface area contributed by atoms with Crippen molar-refractivity contribution in [2.75, 3.05) is 12.5 Å². The Morgan fingerprint density at radius 3 is 1.26 bits per heavy atom. The summed E-state index contributed by atoms with van der Waals surface area (Å²) in [7, 11) is 0. The average molecular weight is 634 g/mol. The first-order valence-electron chi connectivity index (χ1n) is 11.4. The molecule has 0 atom stereocenters. The largest absolute Gasteiger partial charge is 0.262 e. The van der Waals surface area contributed by atoms with E-state index in [1.54, 1.807) is 12.4 Å². The molecule has 0 aliphatic rings. The molecule has 4 aromatic rings. The third-order valence-corrected chi connectivity index (χ3v) is 6.90. The molecule has 0 aliphatic carbocycles. The Kier molecular flexibility index (Phi) is 15.2. The van der Waals surface area contributed by atoms with Crippen molar-refractivity contribution in [3.05, 3.63) is 132 Å². The molecule has 2 aromatic heterocycles. The van der Waals surface area contributed by atoms with Crippen LogP contribution in [-0.2, 0) is 16.5 Å². The van der Waals surface area contributed by atoms with Gasteiger partial charge in [0.25, 0.3) is 0 Å². The van der Waals surface area contributed by atoms with E-state index in [2.05, 4.69) is 31.0 Å². The fourth-order valence-electron chi connectivity index (χ4n) is 3.03. The zero-order valence-electron chi connectivity index (χ0n) is 21.1. The van der Waals surface area contributed by atoms with E-state index in [1.165, 1.54) is 23.5 Å². The molecule has 0 fully saturated rings. The minimum Gasteiger partial charge on any atom is -0.262 e. The zero-order chi connectivity index (χ0) is 27.0. The van der Waals surface area contributed by atoms with Gasteiger partial charge in [-0.05, 0) is 36.8 Å². The van der Waals surface area contributed by atoms with E-state index in [4.69, 9.17) is 24.4 Å². The zero-order valence-corrected chi connectivity index (χ0v) is 25.4. The van der Waals surface area contributed by atoms with Crippen LogP contribution in [0.25, 0.3) is 0 Å². The molecular weight excluding hydrogens is 607 g/mol. The smallest absolute Gasteiger partial charge is 0.153 e. The van der Waals surface area contributed by atoms with Crippen LogP contribution in [0, 0.1) is 0 Å². The molecule has 4 rings (SSSR count). The SMILES string of the molecule is CSC(=S)NN=C(c1ccccc1)c1ccccn1.CSC(=S)NN=C(c1ccccc1)c1ccccn1.[Ni]. The van der Waals surface area contributed by atoms with Crippen LogP contribution in [0.1, 0.15) is 22.5 Å². The Hall–Kier alpha value is -2.95. The molecule has 0 unspecified atom stereocenters.